The molecule has 0 aliphatic rings. The van der Waals surface area contributed by atoms with E-state index in [-0.39, 0.29) is 0 Å². The number of nitrogens with zero attached hydrogens (tertiary/aromatic N) is 8. The molecule has 4 aromatic rings. The number of aromatic nitrogens is 6. The molecule has 3 heterocycles. The molecule has 0 aliphatic heterocycles. The lowest BCUT2D eigenvalue weighted by atomic mass is 10.3. The lowest BCUT2D eigenvalue weighted by Crippen LogP contribution is -2.01. The minimum absolute atomic E-state index is 0.370. The maximum atomic E-state index is 6.24. The Balaban J connectivity index is 1.72. The summed E-state index contributed by atoms with van der Waals surface area (Å²) in [4.78, 5) is 8.35. The van der Waals surface area contributed by atoms with Crippen molar-refractivity contribution >= 4 is 17.5 Å². The first-order chi connectivity index (χ1) is 13.1. The van der Waals surface area contributed by atoms with E-state index in [0.717, 1.165) is 11.4 Å². The van der Waals surface area contributed by atoms with Crippen molar-refractivity contribution < 1.29 is 0 Å². The van der Waals surface area contributed by atoms with Gasteiger partial charge in [0.15, 0.2) is 11.5 Å². The fraction of sp³-hybridized carbons (Fsp3) is 0.111. The van der Waals surface area contributed by atoms with Gasteiger partial charge in [0.05, 0.1) is 17.1 Å². The van der Waals surface area contributed by atoms with Crippen LogP contribution in [-0.2, 0) is 0 Å². The normalized spacial score (nSPS) is 11.3. The number of hydrogen-bond donors (Lipinski definition) is 1. The fourth-order valence-electron chi connectivity index (χ4n) is 2.65. The molecule has 0 saturated heterocycles. The molecule has 3 aromatic heterocycles. The minimum atomic E-state index is 0.370. The zero-order chi connectivity index (χ0) is 18.8. The smallest absolute Gasteiger partial charge is 0.272 e. The Bertz CT molecular complexity index is 1090. The van der Waals surface area contributed by atoms with Crippen molar-refractivity contribution in [1.82, 2.24) is 29.5 Å². The molecule has 0 unspecified atom stereocenters. The van der Waals surface area contributed by atoms with Crippen LogP contribution in [0.4, 0.5) is 17.5 Å². The highest BCUT2D eigenvalue weighted by Crippen LogP contribution is 2.30. The molecule has 1 aromatic carbocycles. The highest BCUT2D eigenvalue weighted by molar-refractivity contribution is 5.63. The van der Waals surface area contributed by atoms with E-state index in [1.165, 1.54) is 0 Å². The number of pyridine rings is 1. The van der Waals surface area contributed by atoms with Gasteiger partial charge in [0.1, 0.15) is 5.82 Å². The van der Waals surface area contributed by atoms with Crippen LogP contribution in [0.15, 0.2) is 65.1 Å². The topological polar surface area (TPSA) is 112 Å². The molecule has 0 radical (unpaired) electrons. The number of nitrogens with two attached hydrogens (primary N) is 1. The molecular formula is C18H17N9. The van der Waals surface area contributed by atoms with Crippen LogP contribution in [0, 0.1) is 13.8 Å². The van der Waals surface area contributed by atoms with Gasteiger partial charge in [-0.15, -0.1) is 15.3 Å². The number of rotatable bonds is 4. The standard InChI is InChI=1S/C18H17N9/c1-12-16(17(19)26(24-12)15-8-10-20-11-9-15)22-23-18-21-13(2)25-27(18)14-6-4-3-5-7-14/h3-11H,19H2,1-2H3. The lowest BCUT2D eigenvalue weighted by molar-refractivity contribution is 0.854. The van der Waals surface area contributed by atoms with Crippen LogP contribution in [0.25, 0.3) is 11.4 Å². The Hall–Kier alpha value is -3.88. The van der Waals surface area contributed by atoms with Gasteiger partial charge in [0, 0.05) is 12.4 Å². The average molecular weight is 359 g/mol. The fourth-order valence-corrected chi connectivity index (χ4v) is 2.65. The summed E-state index contributed by atoms with van der Waals surface area (Å²) in [5.74, 6) is 1.36. The lowest BCUT2D eigenvalue weighted by Gasteiger charge is -2.02. The molecule has 0 atom stereocenters. The number of aryl methyl sites for hydroxylation is 2. The van der Waals surface area contributed by atoms with Crippen LogP contribution in [0.2, 0.25) is 0 Å². The molecule has 0 aliphatic carbocycles. The first kappa shape index (κ1) is 16.6. The van der Waals surface area contributed by atoms with E-state index < -0.39 is 0 Å². The van der Waals surface area contributed by atoms with Crippen LogP contribution in [0.3, 0.4) is 0 Å². The van der Waals surface area contributed by atoms with Crippen molar-refractivity contribution in [1.29, 1.82) is 0 Å². The molecule has 4 rings (SSSR count). The third-order valence-corrected chi connectivity index (χ3v) is 3.91. The van der Waals surface area contributed by atoms with E-state index in [0.29, 0.717) is 29.0 Å². The van der Waals surface area contributed by atoms with Crippen molar-refractivity contribution in [2.75, 3.05) is 5.73 Å². The van der Waals surface area contributed by atoms with Crippen LogP contribution in [0.1, 0.15) is 11.5 Å². The monoisotopic (exact) mass is 359 g/mol. The Kier molecular flexibility index (Phi) is 4.17. The maximum absolute atomic E-state index is 6.24. The van der Waals surface area contributed by atoms with Gasteiger partial charge in [-0.25, -0.2) is 4.68 Å². The van der Waals surface area contributed by atoms with Gasteiger partial charge in [-0.2, -0.15) is 14.8 Å². The van der Waals surface area contributed by atoms with E-state index in [1.807, 2.05) is 49.4 Å². The molecule has 0 bridgehead atoms. The molecule has 0 fully saturated rings. The maximum Gasteiger partial charge on any atom is 0.272 e. The van der Waals surface area contributed by atoms with E-state index >= 15 is 0 Å². The zero-order valence-electron chi connectivity index (χ0n) is 14.9. The van der Waals surface area contributed by atoms with Gasteiger partial charge in [0.25, 0.3) is 5.95 Å². The minimum Gasteiger partial charge on any atom is -0.382 e. The second-order valence-corrected chi connectivity index (χ2v) is 5.84. The summed E-state index contributed by atoms with van der Waals surface area (Å²) in [6.07, 6.45) is 3.36. The third-order valence-electron chi connectivity index (χ3n) is 3.91. The van der Waals surface area contributed by atoms with Gasteiger partial charge in [0.2, 0.25) is 0 Å². The quantitative estimate of drug-likeness (QED) is 0.561. The third kappa shape index (κ3) is 3.17. The summed E-state index contributed by atoms with van der Waals surface area (Å²) < 4.78 is 3.25. The van der Waals surface area contributed by atoms with Crippen LogP contribution in [0.5, 0.6) is 0 Å². The zero-order valence-corrected chi connectivity index (χ0v) is 14.9. The number of anilines is 1. The van der Waals surface area contributed by atoms with Crippen molar-refractivity contribution in [2.24, 2.45) is 10.2 Å². The van der Waals surface area contributed by atoms with Crippen molar-refractivity contribution in [2.45, 2.75) is 13.8 Å². The second kappa shape index (κ2) is 6.79. The molecule has 0 amide bonds. The summed E-state index contributed by atoms with van der Waals surface area (Å²) in [6, 6.07) is 13.3. The molecule has 2 N–H and O–H groups in total. The predicted molar refractivity (Wildman–Crippen MR) is 101 cm³/mol. The molecule has 0 spiro atoms. The number of nitrogen functional groups attached to an aromatic ring is 1. The van der Waals surface area contributed by atoms with E-state index in [2.05, 4.69) is 30.4 Å². The van der Waals surface area contributed by atoms with Gasteiger partial charge in [-0.05, 0) is 38.1 Å². The van der Waals surface area contributed by atoms with E-state index in [9.17, 15) is 0 Å². The molecule has 134 valence electrons. The SMILES string of the molecule is Cc1nc(N=Nc2c(C)nn(-c3ccncc3)c2N)n(-c2ccccc2)n1. The van der Waals surface area contributed by atoms with E-state index in [4.69, 9.17) is 5.73 Å². The van der Waals surface area contributed by atoms with Gasteiger partial charge < -0.3 is 5.73 Å². The van der Waals surface area contributed by atoms with Crippen LogP contribution in [-0.4, -0.2) is 29.5 Å². The van der Waals surface area contributed by atoms with Gasteiger partial charge in [-0.1, -0.05) is 18.2 Å². The van der Waals surface area contributed by atoms with E-state index in [1.54, 1.807) is 28.7 Å². The van der Waals surface area contributed by atoms with Crippen molar-refractivity contribution in [3.63, 3.8) is 0 Å². The number of benzene rings is 1. The number of azo groups is 1. The number of para-hydroxylation sites is 1. The van der Waals surface area contributed by atoms with Gasteiger partial charge >= 0.3 is 0 Å². The van der Waals surface area contributed by atoms with Crippen LogP contribution >= 0.6 is 0 Å². The molecule has 9 nitrogen and oxygen atoms in total. The summed E-state index contributed by atoms with van der Waals surface area (Å²) in [5.41, 5.74) is 9.05. The number of hydrogen-bond acceptors (Lipinski definition) is 7. The van der Waals surface area contributed by atoms with Crippen molar-refractivity contribution in [3.05, 3.63) is 66.4 Å². The Morgan fingerprint density at radius 1 is 0.852 bits per heavy atom. The molecule has 27 heavy (non-hydrogen) atoms. The summed E-state index contributed by atoms with van der Waals surface area (Å²) in [7, 11) is 0. The first-order valence-corrected chi connectivity index (χ1v) is 8.30. The predicted octanol–water partition coefficient (Wildman–Crippen LogP) is 3.46. The summed E-state index contributed by atoms with van der Waals surface area (Å²) in [5, 5.41) is 17.4. The summed E-state index contributed by atoms with van der Waals surface area (Å²) >= 11 is 0. The first-order valence-electron chi connectivity index (χ1n) is 8.30. The molecule has 9 heteroatoms. The Labute approximate surface area is 155 Å². The largest absolute Gasteiger partial charge is 0.382 e. The molecular weight excluding hydrogens is 342 g/mol. The highest BCUT2D eigenvalue weighted by Gasteiger charge is 2.15. The van der Waals surface area contributed by atoms with Gasteiger partial charge in [-0.3, -0.25) is 4.98 Å². The Morgan fingerprint density at radius 2 is 1.56 bits per heavy atom. The molecule has 0 saturated carbocycles. The van der Waals surface area contributed by atoms with Crippen LogP contribution < -0.4 is 5.73 Å². The Morgan fingerprint density at radius 3 is 2.30 bits per heavy atom. The second-order valence-electron chi connectivity index (χ2n) is 5.84. The summed E-state index contributed by atoms with van der Waals surface area (Å²) in [6.45, 7) is 3.63. The van der Waals surface area contributed by atoms with Crippen molar-refractivity contribution in [3.8, 4) is 11.4 Å². The average Bonchev–Trinajstić information content (AvgIpc) is 3.21. The highest BCUT2D eigenvalue weighted by atomic mass is 15.4.